The second-order valence-corrected chi connectivity index (χ2v) is 24.3. The first-order valence-corrected chi connectivity index (χ1v) is 34.5. The maximum atomic E-state index is 13.4. The number of hydrogen-bond donors (Lipinski definition) is 12. The Kier molecular flexibility index (Phi) is 46.8. The number of hydrogen-bond acceptors (Lipinski definition) is 18. The van der Waals surface area contributed by atoms with Crippen LogP contribution in [-0.4, -0.2) is 193 Å². The van der Waals surface area contributed by atoms with Crippen molar-refractivity contribution in [1.29, 1.82) is 0 Å². The van der Waals surface area contributed by atoms with E-state index in [-0.39, 0.29) is 18.9 Å². The molecule has 3 rings (SSSR count). The van der Waals surface area contributed by atoms with Gasteiger partial charge in [-0.2, -0.15) is 0 Å². The molecule has 17 unspecified atom stereocenters. The average molecular weight is 1280 g/mol. The van der Waals surface area contributed by atoms with Crippen molar-refractivity contribution in [2.45, 2.75) is 317 Å². The van der Waals surface area contributed by atoms with Crippen LogP contribution in [-0.2, 0) is 33.2 Å². The summed E-state index contributed by atoms with van der Waals surface area (Å²) in [6, 6.07) is -0.977. The molecule has 1 amide bonds. The summed E-state index contributed by atoms with van der Waals surface area (Å²) in [5.41, 5.74) is 0. The maximum absolute atomic E-state index is 13.4. The SMILES string of the molecule is CC/C=C\C/C=C\C/C=C\C/C=C\C/C=C\C/C=C\C/C=C\CCCCCCCCCCCCCCCC(=O)NC(COC1OC(CO)C(OC2OC(CO)C(OC3OC(CO)C(O)C(O)C3O)C(O)C2O)C(O)C1O)C(O)/C=C/CCCCCCCCCC. The molecule has 3 aliphatic heterocycles. The van der Waals surface area contributed by atoms with Crippen LogP contribution in [0.3, 0.4) is 0 Å². The zero-order valence-electron chi connectivity index (χ0n) is 54.6. The number of ether oxygens (including phenoxy) is 6. The molecule has 0 saturated carbocycles. The highest BCUT2D eigenvalue weighted by molar-refractivity contribution is 5.76. The van der Waals surface area contributed by atoms with Crippen molar-refractivity contribution in [3.05, 3.63) is 97.2 Å². The lowest BCUT2D eigenvalue weighted by Crippen LogP contribution is -2.66. The van der Waals surface area contributed by atoms with Gasteiger partial charge in [-0.25, -0.2) is 0 Å². The molecular formula is C71H121NO18. The van der Waals surface area contributed by atoms with E-state index in [1.54, 1.807) is 6.08 Å². The second-order valence-electron chi connectivity index (χ2n) is 24.3. The van der Waals surface area contributed by atoms with Crippen molar-refractivity contribution in [1.82, 2.24) is 5.32 Å². The van der Waals surface area contributed by atoms with Crippen molar-refractivity contribution in [2.75, 3.05) is 26.4 Å². The molecule has 0 aromatic carbocycles. The zero-order valence-corrected chi connectivity index (χ0v) is 54.6. The smallest absolute Gasteiger partial charge is 0.220 e. The van der Waals surface area contributed by atoms with Crippen molar-refractivity contribution < 1.29 is 89.4 Å². The number of nitrogens with one attached hydrogen (secondary N) is 1. The minimum Gasteiger partial charge on any atom is -0.394 e. The fourth-order valence-electron chi connectivity index (χ4n) is 11.1. The van der Waals surface area contributed by atoms with Crippen LogP contribution in [0.15, 0.2) is 97.2 Å². The van der Waals surface area contributed by atoms with Crippen molar-refractivity contribution in [3.8, 4) is 0 Å². The summed E-state index contributed by atoms with van der Waals surface area (Å²) in [6.07, 6.45) is 41.3. The topological polar surface area (TPSA) is 307 Å². The number of amides is 1. The highest BCUT2D eigenvalue weighted by Gasteiger charge is 2.53. The molecular weight excluding hydrogens is 1150 g/mol. The van der Waals surface area contributed by atoms with E-state index in [1.165, 1.54) is 89.9 Å². The summed E-state index contributed by atoms with van der Waals surface area (Å²) in [6.45, 7) is 1.57. The summed E-state index contributed by atoms with van der Waals surface area (Å²) in [4.78, 5) is 13.4. The minimum absolute atomic E-state index is 0.236. The summed E-state index contributed by atoms with van der Waals surface area (Å²) in [5.74, 6) is -0.283. The fraction of sp³-hybridized carbons (Fsp3) is 0.761. The quantitative estimate of drug-likeness (QED) is 0.0200. The first-order chi connectivity index (χ1) is 43.8. The van der Waals surface area contributed by atoms with Gasteiger partial charge in [0.1, 0.15) is 73.2 Å². The molecule has 3 heterocycles. The number of unbranched alkanes of at least 4 members (excludes halogenated alkanes) is 21. The Hall–Kier alpha value is -3.29. The summed E-state index contributed by atoms with van der Waals surface area (Å²) >= 11 is 0. The van der Waals surface area contributed by atoms with Gasteiger partial charge < -0.3 is 89.9 Å². The molecule has 19 nitrogen and oxygen atoms in total. The molecule has 0 spiro atoms. The molecule has 12 N–H and O–H groups in total. The molecule has 19 heteroatoms. The zero-order chi connectivity index (χ0) is 65.4. The van der Waals surface area contributed by atoms with E-state index in [1.807, 2.05) is 6.08 Å². The van der Waals surface area contributed by atoms with E-state index in [0.29, 0.717) is 6.42 Å². The van der Waals surface area contributed by atoms with Gasteiger partial charge in [-0.15, -0.1) is 0 Å². The monoisotopic (exact) mass is 1280 g/mol. The van der Waals surface area contributed by atoms with Gasteiger partial charge in [0.05, 0.1) is 38.6 Å². The molecule has 3 fully saturated rings. The first-order valence-electron chi connectivity index (χ1n) is 34.5. The Balaban J connectivity index is 1.33. The highest BCUT2D eigenvalue weighted by atomic mass is 16.8. The fourth-order valence-corrected chi connectivity index (χ4v) is 11.1. The maximum Gasteiger partial charge on any atom is 0.220 e. The van der Waals surface area contributed by atoms with Crippen LogP contribution in [0.1, 0.15) is 213 Å². The Morgan fingerprint density at radius 2 is 0.767 bits per heavy atom. The summed E-state index contributed by atoms with van der Waals surface area (Å²) in [5, 5.41) is 120. The van der Waals surface area contributed by atoms with E-state index in [2.05, 4.69) is 104 Å². The van der Waals surface area contributed by atoms with Gasteiger partial charge in [0.2, 0.25) is 5.91 Å². The van der Waals surface area contributed by atoms with E-state index >= 15 is 0 Å². The minimum atomic E-state index is -1.98. The lowest BCUT2D eigenvalue weighted by Gasteiger charge is -2.48. The summed E-state index contributed by atoms with van der Waals surface area (Å²) < 4.78 is 34.3. The van der Waals surface area contributed by atoms with E-state index in [9.17, 15) is 61.0 Å². The molecule has 0 aliphatic carbocycles. The van der Waals surface area contributed by atoms with Gasteiger partial charge in [0.15, 0.2) is 18.9 Å². The van der Waals surface area contributed by atoms with Crippen LogP contribution in [0.25, 0.3) is 0 Å². The number of allylic oxidation sites excluding steroid dienone is 15. The van der Waals surface area contributed by atoms with Crippen LogP contribution in [0, 0.1) is 0 Å². The molecule has 17 atom stereocenters. The van der Waals surface area contributed by atoms with Crippen LogP contribution in [0.2, 0.25) is 0 Å². The van der Waals surface area contributed by atoms with Crippen LogP contribution in [0.5, 0.6) is 0 Å². The molecule has 0 aromatic heterocycles. The van der Waals surface area contributed by atoms with E-state index in [0.717, 1.165) is 96.3 Å². The molecule has 0 radical (unpaired) electrons. The number of aliphatic hydroxyl groups excluding tert-OH is 11. The van der Waals surface area contributed by atoms with Gasteiger partial charge in [0.25, 0.3) is 0 Å². The summed E-state index contributed by atoms with van der Waals surface area (Å²) in [7, 11) is 0. The normalized spacial score (nSPS) is 28.7. The number of carbonyl (C=O) groups is 1. The van der Waals surface area contributed by atoms with Crippen LogP contribution < -0.4 is 5.32 Å². The Morgan fingerprint density at radius 1 is 0.411 bits per heavy atom. The molecule has 0 bridgehead atoms. The lowest BCUT2D eigenvalue weighted by molar-refractivity contribution is -0.379. The predicted molar refractivity (Wildman–Crippen MR) is 351 cm³/mol. The predicted octanol–water partition coefficient (Wildman–Crippen LogP) is 8.88. The van der Waals surface area contributed by atoms with Crippen LogP contribution in [0.4, 0.5) is 0 Å². The van der Waals surface area contributed by atoms with Crippen LogP contribution >= 0.6 is 0 Å². The third kappa shape index (κ3) is 33.7. The number of carbonyl (C=O) groups excluding carboxylic acids is 1. The molecule has 0 aromatic rings. The third-order valence-electron chi connectivity index (χ3n) is 16.6. The van der Waals surface area contributed by atoms with Gasteiger partial charge in [-0.05, 0) is 77.0 Å². The van der Waals surface area contributed by atoms with Crippen molar-refractivity contribution >= 4 is 5.91 Å². The van der Waals surface area contributed by atoms with E-state index < -0.39 is 124 Å². The van der Waals surface area contributed by atoms with Gasteiger partial charge in [-0.1, -0.05) is 227 Å². The lowest BCUT2D eigenvalue weighted by atomic mass is 9.96. The highest BCUT2D eigenvalue weighted by Crippen LogP contribution is 2.33. The Morgan fingerprint density at radius 3 is 1.20 bits per heavy atom. The van der Waals surface area contributed by atoms with E-state index in [4.69, 9.17) is 28.4 Å². The van der Waals surface area contributed by atoms with Gasteiger partial charge in [0, 0.05) is 6.42 Å². The molecule has 518 valence electrons. The van der Waals surface area contributed by atoms with Crippen molar-refractivity contribution in [2.24, 2.45) is 0 Å². The number of aliphatic hydroxyl groups is 11. The standard InChI is InChI=1S/C71H121NO18/c1-3-5-7-9-11-13-15-16-17-18-19-20-21-22-23-24-25-26-27-28-29-30-31-32-33-34-35-36-37-38-39-41-43-45-47-49-59(77)72-54(55(76)48-46-44-42-40-14-12-10-8-6-4-2)53-85-69-65(83)62(80)67(57(51-74)87-69)90-71-66(84)63(81)68(58(52-75)88-71)89-70-64(82)61(79)60(78)56(50-73)86-70/h5,7,11,13,16-17,19-20,22-23,25-26,28-29,46,48,54-58,60-71,73-76,78-84H,3-4,6,8-10,12,14-15,18,21,24,27,30-45,47,49-53H2,1-2H3,(H,72,77)/b7-5-,13-11-,17-16-,20-19-,23-22-,26-25-,29-28-,48-46+. The third-order valence-corrected chi connectivity index (χ3v) is 16.6. The second kappa shape index (κ2) is 52.0. The molecule has 90 heavy (non-hydrogen) atoms. The first kappa shape index (κ1) is 80.9. The Bertz CT molecular complexity index is 2010. The molecule has 3 saturated heterocycles. The number of rotatable bonds is 51. The van der Waals surface area contributed by atoms with Gasteiger partial charge in [-0.3, -0.25) is 4.79 Å². The Labute approximate surface area is 539 Å². The van der Waals surface area contributed by atoms with Gasteiger partial charge >= 0.3 is 0 Å². The largest absolute Gasteiger partial charge is 0.394 e. The van der Waals surface area contributed by atoms with Crippen molar-refractivity contribution in [3.63, 3.8) is 0 Å². The average Bonchev–Trinajstić information content (AvgIpc) is 1.08. The molecule has 3 aliphatic rings.